The van der Waals surface area contributed by atoms with E-state index < -0.39 is 0 Å². The molecular weight excluding hydrogens is 364 g/mol. The number of fused-ring (bicyclic) bond motifs is 1. The van der Waals surface area contributed by atoms with Gasteiger partial charge in [-0.05, 0) is 75.9 Å². The van der Waals surface area contributed by atoms with Gasteiger partial charge in [-0.15, -0.1) is 0 Å². The van der Waals surface area contributed by atoms with E-state index in [9.17, 15) is 4.79 Å². The number of aromatic nitrogens is 2. The van der Waals surface area contributed by atoms with E-state index in [0.29, 0.717) is 30.2 Å². The van der Waals surface area contributed by atoms with Crippen molar-refractivity contribution >= 4 is 5.91 Å². The number of piperidine rings is 2. The van der Waals surface area contributed by atoms with Crippen molar-refractivity contribution < 1.29 is 9.53 Å². The summed E-state index contributed by atoms with van der Waals surface area (Å²) in [6.07, 6.45) is 9.34. The van der Waals surface area contributed by atoms with Gasteiger partial charge in [0.05, 0.1) is 0 Å². The van der Waals surface area contributed by atoms with Gasteiger partial charge in [-0.25, -0.2) is 0 Å². The first-order valence-corrected chi connectivity index (χ1v) is 11.6. The van der Waals surface area contributed by atoms with Gasteiger partial charge in [0.15, 0.2) is 0 Å². The number of hydrogen-bond donors (Lipinski definition) is 1. The Labute approximate surface area is 176 Å². The lowest BCUT2D eigenvalue weighted by Gasteiger charge is -2.45. The topological polar surface area (TPSA) is 61.5 Å². The fourth-order valence-corrected chi connectivity index (χ4v) is 4.95. The highest BCUT2D eigenvalue weighted by molar-refractivity contribution is 5.92. The summed E-state index contributed by atoms with van der Waals surface area (Å²) in [6.45, 7) is 9.18. The van der Waals surface area contributed by atoms with Crippen molar-refractivity contribution in [3.63, 3.8) is 0 Å². The van der Waals surface area contributed by atoms with Crippen molar-refractivity contribution in [2.75, 3.05) is 39.9 Å². The minimum absolute atomic E-state index is 0.0704. The van der Waals surface area contributed by atoms with Crippen LogP contribution in [0.4, 0.5) is 0 Å². The summed E-state index contributed by atoms with van der Waals surface area (Å²) in [7, 11) is 1.72. The Hall–Kier alpha value is -1.40. The lowest BCUT2D eigenvalue weighted by atomic mass is 9.83. The Morgan fingerprint density at radius 2 is 2.14 bits per heavy atom. The molecule has 0 aromatic carbocycles. The van der Waals surface area contributed by atoms with Crippen LogP contribution in [0.15, 0.2) is 6.07 Å². The normalized spacial score (nSPS) is 22.6. The van der Waals surface area contributed by atoms with E-state index in [-0.39, 0.29) is 5.91 Å². The van der Waals surface area contributed by atoms with Gasteiger partial charge in [0.2, 0.25) is 0 Å². The highest BCUT2D eigenvalue weighted by atomic mass is 16.5. The Morgan fingerprint density at radius 1 is 1.31 bits per heavy atom. The zero-order valence-corrected chi connectivity index (χ0v) is 18.7. The molecule has 1 amide bonds. The number of ether oxygens (including phenoxy) is 1. The number of hydrogen-bond acceptors (Lipinski definition) is 4. The van der Waals surface area contributed by atoms with Gasteiger partial charge >= 0.3 is 0 Å². The maximum absolute atomic E-state index is 13.3. The first-order chi connectivity index (χ1) is 14.1. The minimum Gasteiger partial charge on any atom is -0.385 e. The largest absolute Gasteiger partial charge is 0.385 e. The molecule has 0 saturated carbocycles. The number of aryl methyl sites for hydroxylation is 1. The third-order valence-corrected chi connectivity index (χ3v) is 6.59. The minimum atomic E-state index is 0.0704. The van der Waals surface area contributed by atoms with Crippen LogP contribution in [0.5, 0.6) is 0 Å². The summed E-state index contributed by atoms with van der Waals surface area (Å²) in [4.78, 5) is 18.0. The van der Waals surface area contributed by atoms with Crippen molar-refractivity contribution in [3.05, 3.63) is 17.5 Å². The molecular formula is C23H40N4O2. The number of rotatable bonds is 10. The number of nitrogens with zero attached hydrogens (tertiary/aromatic N) is 3. The zero-order chi connectivity index (χ0) is 20.6. The third kappa shape index (κ3) is 6.29. The summed E-state index contributed by atoms with van der Waals surface area (Å²) >= 11 is 0. The number of H-pyrrole nitrogens is 1. The Morgan fingerprint density at radius 3 is 2.93 bits per heavy atom. The van der Waals surface area contributed by atoms with Gasteiger partial charge in [-0.2, -0.15) is 5.10 Å². The molecule has 6 heteroatoms. The van der Waals surface area contributed by atoms with Gasteiger partial charge in [0, 0.05) is 38.5 Å². The lowest BCUT2D eigenvalue weighted by Crippen LogP contribution is -2.51. The van der Waals surface area contributed by atoms with Crippen LogP contribution in [0, 0.1) is 11.8 Å². The molecule has 2 fully saturated rings. The second-order valence-electron chi connectivity index (χ2n) is 9.31. The van der Waals surface area contributed by atoms with Crippen molar-refractivity contribution in [2.24, 2.45) is 11.8 Å². The predicted molar refractivity (Wildman–Crippen MR) is 116 cm³/mol. The zero-order valence-electron chi connectivity index (χ0n) is 18.7. The van der Waals surface area contributed by atoms with E-state index in [1.54, 1.807) is 7.11 Å². The van der Waals surface area contributed by atoms with Crippen LogP contribution in [0.3, 0.4) is 0 Å². The van der Waals surface area contributed by atoms with Crippen LogP contribution >= 0.6 is 0 Å². The van der Waals surface area contributed by atoms with Crippen LogP contribution in [-0.4, -0.2) is 71.8 Å². The van der Waals surface area contributed by atoms with E-state index in [4.69, 9.17) is 4.74 Å². The van der Waals surface area contributed by atoms with Crippen LogP contribution in [0.2, 0.25) is 0 Å². The number of carbonyl (C=O) groups is 1. The molecule has 0 aliphatic carbocycles. The Bertz CT molecular complexity index is 628. The molecule has 0 spiro atoms. The quantitative estimate of drug-likeness (QED) is 0.604. The number of methoxy groups -OCH3 is 1. The molecule has 1 aromatic heterocycles. The van der Waals surface area contributed by atoms with Crippen LogP contribution < -0.4 is 0 Å². The summed E-state index contributed by atoms with van der Waals surface area (Å²) in [6, 6.07) is 2.61. The fourth-order valence-electron chi connectivity index (χ4n) is 4.95. The summed E-state index contributed by atoms with van der Waals surface area (Å²) in [5.74, 6) is 1.30. The Kier molecular flexibility index (Phi) is 8.54. The van der Waals surface area contributed by atoms with Crippen molar-refractivity contribution in [3.8, 4) is 0 Å². The van der Waals surface area contributed by atoms with Gasteiger partial charge in [0.25, 0.3) is 5.91 Å². The molecule has 6 nitrogen and oxygen atoms in total. The molecule has 1 aromatic rings. The van der Waals surface area contributed by atoms with E-state index >= 15 is 0 Å². The highest BCUT2D eigenvalue weighted by Gasteiger charge is 2.35. The van der Waals surface area contributed by atoms with Gasteiger partial charge in [-0.1, -0.05) is 20.3 Å². The van der Waals surface area contributed by atoms with E-state index in [0.717, 1.165) is 38.0 Å². The number of carbonyl (C=O) groups excluding carboxylic acids is 1. The van der Waals surface area contributed by atoms with E-state index in [1.165, 1.54) is 45.2 Å². The van der Waals surface area contributed by atoms with E-state index in [2.05, 4.69) is 28.9 Å². The summed E-state index contributed by atoms with van der Waals surface area (Å²) in [5, 5.41) is 7.44. The molecule has 29 heavy (non-hydrogen) atoms. The molecule has 1 N–H and O–H groups in total. The average Bonchev–Trinajstić information content (AvgIpc) is 3.20. The first kappa shape index (κ1) is 22.3. The number of aromatic amines is 1. The molecule has 2 aliphatic heterocycles. The standard InChI is InChI=1S/C23H40N4O2/c1-18(2)10-11-20-16-21(25-24-20)23(28)27(14-7-15-29-3)17-19-8-6-13-26-12-5-4-9-22(19)26/h16,18-19,22H,4-15,17H2,1-3H3,(H,24,25)/t19-,22-/m1/s1. The molecule has 3 heterocycles. The number of amides is 1. The molecule has 2 atom stereocenters. The molecule has 0 unspecified atom stereocenters. The molecule has 3 rings (SSSR count). The Balaban J connectivity index is 1.66. The molecule has 0 radical (unpaired) electrons. The molecule has 2 saturated heterocycles. The maximum Gasteiger partial charge on any atom is 0.274 e. The molecule has 2 aliphatic rings. The lowest BCUT2D eigenvalue weighted by molar-refractivity contribution is 0.0344. The average molecular weight is 405 g/mol. The van der Waals surface area contributed by atoms with Crippen molar-refractivity contribution in [1.29, 1.82) is 0 Å². The molecule has 0 bridgehead atoms. The van der Waals surface area contributed by atoms with Crippen LogP contribution in [0.1, 0.15) is 75.0 Å². The van der Waals surface area contributed by atoms with Crippen molar-refractivity contribution in [1.82, 2.24) is 20.0 Å². The van der Waals surface area contributed by atoms with Gasteiger partial charge in [0.1, 0.15) is 5.69 Å². The van der Waals surface area contributed by atoms with Crippen molar-refractivity contribution in [2.45, 2.75) is 71.3 Å². The smallest absolute Gasteiger partial charge is 0.274 e. The first-order valence-electron chi connectivity index (χ1n) is 11.6. The van der Waals surface area contributed by atoms with Crippen LogP contribution in [0.25, 0.3) is 0 Å². The van der Waals surface area contributed by atoms with Gasteiger partial charge in [-0.3, -0.25) is 9.89 Å². The van der Waals surface area contributed by atoms with Gasteiger partial charge < -0.3 is 14.5 Å². The third-order valence-electron chi connectivity index (χ3n) is 6.59. The summed E-state index contributed by atoms with van der Waals surface area (Å²) in [5.41, 5.74) is 1.63. The summed E-state index contributed by atoms with van der Waals surface area (Å²) < 4.78 is 5.24. The van der Waals surface area contributed by atoms with Crippen LogP contribution in [-0.2, 0) is 11.2 Å². The van der Waals surface area contributed by atoms with E-state index in [1.807, 2.05) is 11.0 Å². The predicted octanol–water partition coefficient (Wildman–Crippen LogP) is 3.74. The second kappa shape index (κ2) is 11.1. The second-order valence-corrected chi connectivity index (χ2v) is 9.31. The number of nitrogens with one attached hydrogen (secondary N) is 1. The molecule has 164 valence electrons. The fraction of sp³-hybridized carbons (Fsp3) is 0.826. The monoisotopic (exact) mass is 404 g/mol. The SMILES string of the molecule is COCCCN(C[C@H]1CCCN2CCCC[C@H]12)C(=O)c1cc(CCC(C)C)[nH]n1. The highest BCUT2D eigenvalue weighted by Crippen LogP contribution is 2.31. The maximum atomic E-state index is 13.3.